The second-order valence-corrected chi connectivity index (χ2v) is 5.89. The van der Waals surface area contributed by atoms with E-state index in [1.807, 2.05) is 24.4 Å². The molecule has 0 amide bonds. The third kappa shape index (κ3) is 2.08. The average molecular weight is 285 g/mol. The third-order valence-corrected chi connectivity index (χ3v) is 4.43. The van der Waals surface area contributed by atoms with E-state index in [2.05, 4.69) is 16.8 Å². The zero-order chi connectivity index (χ0) is 14.4. The van der Waals surface area contributed by atoms with Crippen LogP contribution in [0.3, 0.4) is 0 Å². The van der Waals surface area contributed by atoms with E-state index < -0.39 is 0 Å². The smallest absolute Gasteiger partial charge is 0.231 e. The number of nitrogens with zero attached hydrogens (tertiary/aromatic N) is 2. The van der Waals surface area contributed by atoms with Crippen LogP contribution >= 0.6 is 0 Å². The molecule has 2 atom stereocenters. The monoisotopic (exact) mass is 285 g/mol. The first-order valence-electron chi connectivity index (χ1n) is 7.43. The Labute approximate surface area is 123 Å². The van der Waals surface area contributed by atoms with Crippen molar-refractivity contribution in [2.24, 2.45) is 5.73 Å². The molecule has 4 rings (SSSR count). The Morgan fingerprint density at radius 3 is 2.90 bits per heavy atom. The molecule has 0 bridgehead atoms. The molecule has 5 nitrogen and oxygen atoms in total. The van der Waals surface area contributed by atoms with Crippen molar-refractivity contribution in [1.29, 1.82) is 0 Å². The quantitative estimate of drug-likeness (QED) is 0.871. The molecular formula is C16H19N3O2. The minimum absolute atomic E-state index is 0.295. The number of hydrogen-bond donors (Lipinski definition) is 1. The number of hydrogen-bond acceptors (Lipinski definition) is 5. The number of piperidine rings is 1. The van der Waals surface area contributed by atoms with Gasteiger partial charge < -0.3 is 20.1 Å². The summed E-state index contributed by atoms with van der Waals surface area (Å²) in [5.41, 5.74) is 6.07. The lowest BCUT2D eigenvalue weighted by molar-refractivity contribution is 0.174. The van der Waals surface area contributed by atoms with Crippen molar-refractivity contribution in [3.63, 3.8) is 0 Å². The molecule has 110 valence electrons. The Bertz CT molecular complexity index is 689. The van der Waals surface area contributed by atoms with Gasteiger partial charge in [-0.25, -0.2) is 4.98 Å². The van der Waals surface area contributed by atoms with Gasteiger partial charge in [0.05, 0.1) is 0 Å². The van der Waals surface area contributed by atoms with Crippen LogP contribution in [0.1, 0.15) is 19.8 Å². The van der Waals surface area contributed by atoms with Crippen molar-refractivity contribution >= 4 is 16.6 Å². The molecule has 5 heteroatoms. The van der Waals surface area contributed by atoms with Crippen LogP contribution in [-0.2, 0) is 0 Å². The fourth-order valence-electron chi connectivity index (χ4n) is 3.30. The highest BCUT2D eigenvalue weighted by Gasteiger charge is 2.26. The predicted molar refractivity (Wildman–Crippen MR) is 81.9 cm³/mol. The maximum Gasteiger partial charge on any atom is 0.231 e. The lowest BCUT2D eigenvalue weighted by Crippen LogP contribution is -2.46. The van der Waals surface area contributed by atoms with Crippen molar-refractivity contribution < 1.29 is 9.47 Å². The normalized spacial score (nSPS) is 24.6. The largest absolute Gasteiger partial charge is 0.454 e. The Kier molecular flexibility index (Phi) is 2.89. The van der Waals surface area contributed by atoms with Gasteiger partial charge in [0.15, 0.2) is 11.5 Å². The van der Waals surface area contributed by atoms with Gasteiger partial charge in [0.1, 0.15) is 5.82 Å². The number of fused-ring (bicyclic) bond motifs is 2. The van der Waals surface area contributed by atoms with Crippen molar-refractivity contribution in [2.45, 2.75) is 31.8 Å². The summed E-state index contributed by atoms with van der Waals surface area (Å²) in [4.78, 5) is 6.98. The molecule has 21 heavy (non-hydrogen) atoms. The molecule has 0 aliphatic carbocycles. The SMILES string of the molecule is CC1CC(N)CCN1c1nccc2cc3c(cc12)OCO3. The van der Waals surface area contributed by atoms with Crippen LogP contribution in [-0.4, -0.2) is 30.4 Å². The Hall–Kier alpha value is -2.01. The molecule has 2 aromatic rings. The van der Waals surface area contributed by atoms with E-state index in [1.54, 1.807) is 0 Å². The van der Waals surface area contributed by atoms with Gasteiger partial charge in [0.25, 0.3) is 0 Å². The summed E-state index contributed by atoms with van der Waals surface area (Å²) >= 11 is 0. The van der Waals surface area contributed by atoms with Gasteiger partial charge in [-0.2, -0.15) is 0 Å². The first-order valence-corrected chi connectivity index (χ1v) is 7.43. The van der Waals surface area contributed by atoms with Gasteiger partial charge in [0, 0.05) is 30.2 Å². The second-order valence-electron chi connectivity index (χ2n) is 5.89. The highest BCUT2D eigenvalue weighted by atomic mass is 16.7. The lowest BCUT2D eigenvalue weighted by Gasteiger charge is -2.37. The van der Waals surface area contributed by atoms with Crippen LogP contribution in [0.2, 0.25) is 0 Å². The molecule has 2 aliphatic heterocycles. The van der Waals surface area contributed by atoms with E-state index in [4.69, 9.17) is 15.2 Å². The van der Waals surface area contributed by atoms with Gasteiger partial charge >= 0.3 is 0 Å². The Morgan fingerprint density at radius 2 is 2.10 bits per heavy atom. The number of rotatable bonds is 1. The van der Waals surface area contributed by atoms with E-state index in [0.29, 0.717) is 18.9 Å². The van der Waals surface area contributed by atoms with Crippen molar-refractivity contribution in [3.05, 3.63) is 24.4 Å². The maximum atomic E-state index is 6.07. The number of aromatic nitrogens is 1. The molecular weight excluding hydrogens is 266 g/mol. The second kappa shape index (κ2) is 4.77. The van der Waals surface area contributed by atoms with E-state index in [9.17, 15) is 0 Å². The van der Waals surface area contributed by atoms with Gasteiger partial charge in [-0.15, -0.1) is 0 Å². The highest BCUT2D eigenvalue weighted by molar-refractivity contribution is 5.94. The molecule has 1 fully saturated rings. The number of pyridine rings is 1. The van der Waals surface area contributed by atoms with Crippen LogP contribution in [0.5, 0.6) is 11.5 Å². The molecule has 2 aliphatic rings. The summed E-state index contributed by atoms with van der Waals surface area (Å²) in [6, 6.07) is 6.79. The summed E-state index contributed by atoms with van der Waals surface area (Å²) in [5.74, 6) is 2.64. The summed E-state index contributed by atoms with van der Waals surface area (Å²) in [6.07, 6.45) is 3.87. The fourth-order valence-corrected chi connectivity index (χ4v) is 3.30. The lowest BCUT2D eigenvalue weighted by atomic mass is 9.98. The molecule has 2 N–H and O–H groups in total. The van der Waals surface area contributed by atoms with E-state index in [-0.39, 0.29) is 0 Å². The fraction of sp³-hybridized carbons (Fsp3) is 0.438. The van der Waals surface area contributed by atoms with Crippen molar-refractivity contribution in [3.8, 4) is 11.5 Å². The molecule has 1 saturated heterocycles. The molecule has 0 saturated carbocycles. The summed E-state index contributed by atoms with van der Waals surface area (Å²) in [7, 11) is 0. The summed E-state index contributed by atoms with van der Waals surface area (Å²) in [6.45, 7) is 3.46. The summed E-state index contributed by atoms with van der Waals surface area (Å²) in [5, 5.41) is 2.25. The molecule has 0 radical (unpaired) electrons. The van der Waals surface area contributed by atoms with Crippen LogP contribution in [0.4, 0.5) is 5.82 Å². The van der Waals surface area contributed by atoms with E-state index in [0.717, 1.165) is 47.5 Å². The first-order chi connectivity index (χ1) is 10.2. The zero-order valence-electron chi connectivity index (χ0n) is 12.1. The van der Waals surface area contributed by atoms with E-state index in [1.165, 1.54) is 0 Å². The maximum absolute atomic E-state index is 6.07. The zero-order valence-corrected chi connectivity index (χ0v) is 12.1. The van der Waals surface area contributed by atoms with Crippen molar-refractivity contribution in [2.75, 3.05) is 18.2 Å². The van der Waals surface area contributed by atoms with Gasteiger partial charge in [0.2, 0.25) is 6.79 Å². The van der Waals surface area contributed by atoms with Crippen LogP contribution < -0.4 is 20.1 Å². The Morgan fingerprint density at radius 1 is 1.29 bits per heavy atom. The Balaban J connectivity index is 1.81. The average Bonchev–Trinajstić information content (AvgIpc) is 2.92. The van der Waals surface area contributed by atoms with E-state index >= 15 is 0 Å². The van der Waals surface area contributed by atoms with Crippen LogP contribution in [0.15, 0.2) is 24.4 Å². The number of benzene rings is 1. The van der Waals surface area contributed by atoms with Crippen molar-refractivity contribution in [1.82, 2.24) is 4.98 Å². The first kappa shape index (κ1) is 12.7. The van der Waals surface area contributed by atoms with Crippen LogP contribution in [0, 0.1) is 0 Å². The standard InChI is InChI=1S/C16H19N3O2/c1-10-6-12(17)3-5-19(10)16-13-8-15-14(20-9-21-15)7-11(13)2-4-18-16/h2,4,7-8,10,12H,3,5-6,9,17H2,1H3. The molecule has 0 spiro atoms. The minimum Gasteiger partial charge on any atom is -0.454 e. The van der Waals surface area contributed by atoms with Gasteiger partial charge in [-0.3, -0.25) is 0 Å². The number of nitrogens with two attached hydrogens (primary N) is 1. The summed E-state index contributed by atoms with van der Waals surface area (Å²) < 4.78 is 11.0. The topological polar surface area (TPSA) is 60.6 Å². The minimum atomic E-state index is 0.295. The molecule has 1 aromatic heterocycles. The molecule has 2 unspecified atom stereocenters. The highest BCUT2D eigenvalue weighted by Crippen LogP contribution is 2.39. The molecule has 3 heterocycles. The predicted octanol–water partition coefficient (Wildman–Crippen LogP) is 2.28. The van der Waals surface area contributed by atoms with Crippen LogP contribution in [0.25, 0.3) is 10.8 Å². The molecule has 1 aromatic carbocycles. The third-order valence-electron chi connectivity index (χ3n) is 4.43. The number of ether oxygens (including phenoxy) is 2. The van der Waals surface area contributed by atoms with Gasteiger partial charge in [-0.1, -0.05) is 0 Å². The van der Waals surface area contributed by atoms with Gasteiger partial charge in [-0.05, 0) is 43.4 Å². The number of anilines is 1.